The van der Waals surface area contributed by atoms with Crippen LogP contribution in [-0.2, 0) is 14.9 Å². The van der Waals surface area contributed by atoms with Crippen molar-refractivity contribution in [3.8, 4) is 0 Å². The van der Waals surface area contributed by atoms with Gasteiger partial charge in [-0.15, -0.1) is 0 Å². The van der Waals surface area contributed by atoms with Crippen LogP contribution in [0.2, 0.25) is 0 Å². The van der Waals surface area contributed by atoms with Crippen LogP contribution in [0.4, 0.5) is 0 Å². The van der Waals surface area contributed by atoms with Crippen molar-refractivity contribution >= 4 is 10.1 Å². The second kappa shape index (κ2) is 5.79. The molecule has 0 bridgehead atoms. The molecule has 1 atom stereocenters. The number of nitrogens with zero attached hydrogens (tertiary/aromatic N) is 1. The zero-order chi connectivity index (χ0) is 11.3. The minimum Gasteiger partial charge on any atom is -0.377 e. The topological polar surface area (TPSA) is 66.8 Å². The van der Waals surface area contributed by atoms with Gasteiger partial charge < -0.3 is 9.64 Å². The molecule has 1 heterocycles. The van der Waals surface area contributed by atoms with Gasteiger partial charge in [0, 0.05) is 19.7 Å². The van der Waals surface area contributed by atoms with Crippen molar-refractivity contribution in [3.63, 3.8) is 0 Å². The van der Waals surface area contributed by atoms with E-state index in [0.29, 0.717) is 13.0 Å². The molecule has 0 aromatic rings. The molecule has 1 fully saturated rings. The summed E-state index contributed by atoms with van der Waals surface area (Å²) in [6, 6.07) is 0. The maximum Gasteiger partial charge on any atom is 0.264 e. The van der Waals surface area contributed by atoms with E-state index in [4.69, 9.17) is 9.29 Å². The van der Waals surface area contributed by atoms with Crippen LogP contribution in [-0.4, -0.2) is 56.0 Å². The fourth-order valence-electron chi connectivity index (χ4n) is 1.71. The van der Waals surface area contributed by atoms with Gasteiger partial charge in [0.15, 0.2) is 0 Å². The normalized spacial score (nSPS) is 23.5. The third-order valence-electron chi connectivity index (χ3n) is 2.58. The lowest BCUT2D eigenvalue weighted by atomic mass is 10.3. The fraction of sp³-hybridized carbons (Fsp3) is 1.00. The molecule has 1 aliphatic heterocycles. The Kier molecular flexibility index (Phi) is 4.98. The quantitative estimate of drug-likeness (QED) is 0.534. The van der Waals surface area contributed by atoms with E-state index in [2.05, 4.69) is 11.8 Å². The predicted molar refractivity (Wildman–Crippen MR) is 57.5 cm³/mol. The SMILES string of the molecule is CCN1CCC(OCCCS(=O)(=O)O)C1. The van der Waals surface area contributed by atoms with Gasteiger partial charge in [-0.3, -0.25) is 4.55 Å². The molecule has 15 heavy (non-hydrogen) atoms. The van der Waals surface area contributed by atoms with Crippen molar-refractivity contribution in [1.29, 1.82) is 0 Å². The highest BCUT2D eigenvalue weighted by molar-refractivity contribution is 7.85. The van der Waals surface area contributed by atoms with Crippen LogP contribution in [0.5, 0.6) is 0 Å². The first-order valence-corrected chi connectivity index (χ1v) is 6.91. The molecule has 0 spiro atoms. The summed E-state index contributed by atoms with van der Waals surface area (Å²) in [4.78, 5) is 2.30. The Morgan fingerprint density at radius 1 is 1.53 bits per heavy atom. The minimum absolute atomic E-state index is 0.211. The molecule has 1 unspecified atom stereocenters. The molecule has 1 aliphatic rings. The van der Waals surface area contributed by atoms with Crippen LogP contribution in [0, 0.1) is 0 Å². The van der Waals surface area contributed by atoms with Gasteiger partial charge in [-0.25, -0.2) is 0 Å². The summed E-state index contributed by atoms with van der Waals surface area (Å²) in [6.07, 6.45) is 1.60. The summed E-state index contributed by atoms with van der Waals surface area (Å²) in [5.41, 5.74) is 0. The molecule has 0 aromatic carbocycles. The summed E-state index contributed by atoms with van der Waals surface area (Å²) in [5.74, 6) is -0.211. The molecule has 0 amide bonds. The third-order valence-corrected chi connectivity index (χ3v) is 3.38. The zero-order valence-electron chi connectivity index (χ0n) is 9.05. The number of hydrogen-bond acceptors (Lipinski definition) is 4. The number of hydrogen-bond donors (Lipinski definition) is 1. The number of likely N-dealkylation sites (tertiary alicyclic amines) is 1. The second-order valence-corrected chi connectivity index (χ2v) is 5.39. The van der Waals surface area contributed by atoms with Gasteiger partial charge in [-0.1, -0.05) is 6.92 Å². The Morgan fingerprint density at radius 2 is 2.27 bits per heavy atom. The summed E-state index contributed by atoms with van der Waals surface area (Å²) < 4.78 is 34.8. The summed E-state index contributed by atoms with van der Waals surface area (Å²) in [7, 11) is -3.83. The third kappa shape index (κ3) is 5.46. The molecule has 5 nitrogen and oxygen atoms in total. The molecular weight excluding hydrogens is 218 g/mol. The second-order valence-electron chi connectivity index (χ2n) is 3.81. The highest BCUT2D eigenvalue weighted by atomic mass is 32.2. The average molecular weight is 237 g/mol. The van der Waals surface area contributed by atoms with Crippen LogP contribution >= 0.6 is 0 Å². The van der Waals surface area contributed by atoms with Crippen LogP contribution < -0.4 is 0 Å². The van der Waals surface area contributed by atoms with Crippen molar-refractivity contribution in [3.05, 3.63) is 0 Å². The van der Waals surface area contributed by atoms with Crippen molar-refractivity contribution in [1.82, 2.24) is 4.90 Å². The van der Waals surface area contributed by atoms with E-state index in [9.17, 15) is 8.42 Å². The van der Waals surface area contributed by atoms with E-state index in [1.165, 1.54) is 0 Å². The Labute approximate surface area is 91.2 Å². The van der Waals surface area contributed by atoms with E-state index in [0.717, 1.165) is 26.1 Å². The van der Waals surface area contributed by atoms with Gasteiger partial charge in [0.25, 0.3) is 10.1 Å². The summed E-state index contributed by atoms with van der Waals surface area (Å²) in [6.45, 7) is 5.54. The average Bonchev–Trinajstić information content (AvgIpc) is 2.59. The van der Waals surface area contributed by atoms with Gasteiger partial charge >= 0.3 is 0 Å². The number of ether oxygens (including phenoxy) is 1. The molecule has 1 N–H and O–H groups in total. The predicted octanol–water partition coefficient (Wildman–Crippen LogP) is 0.375. The van der Waals surface area contributed by atoms with Crippen molar-refractivity contribution < 1.29 is 17.7 Å². The van der Waals surface area contributed by atoms with Gasteiger partial charge in [-0.05, 0) is 19.4 Å². The Hall–Kier alpha value is -0.170. The fourth-order valence-corrected chi connectivity index (χ4v) is 2.19. The standard InChI is InChI=1S/C9H19NO4S/c1-2-10-5-4-9(8-10)14-6-3-7-15(11,12)13/h9H,2-8H2,1H3,(H,11,12,13). The molecule has 0 saturated carbocycles. The first kappa shape index (κ1) is 12.9. The molecule has 6 heteroatoms. The van der Waals surface area contributed by atoms with Crippen molar-refractivity contribution in [2.45, 2.75) is 25.9 Å². The molecule has 90 valence electrons. The van der Waals surface area contributed by atoms with E-state index in [1.807, 2.05) is 0 Å². The Bertz CT molecular complexity index is 278. The smallest absolute Gasteiger partial charge is 0.264 e. The molecule has 1 rings (SSSR count). The van der Waals surface area contributed by atoms with Crippen molar-refractivity contribution in [2.24, 2.45) is 0 Å². The molecular formula is C9H19NO4S. The van der Waals surface area contributed by atoms with Gasteiger partial charge in [0.2, 0.25) is 0 Å². The van der Waals surface area contributed by atoms with Gasteiger partial charge in [0.1, 0.15) is 0 Å². The van der Waals surface area contributed by atoms with Gasteiger partial charge in [-0.2, -0.15) is 8.42 Å². The monoisotopic (exact) mass is 237 g/mol. The molecule has 0 aromatic heterocycles. The molecule has 1 saturated heterocycles. The summed E-state index contributed by atoms with van der Waals surface area (Å²) >= 11 is 0. The van der Waals surface area contributed by atoms with Crippen LogP contribution in [0.15, 0.2) is 0 Å². The lowest BCUT2D eigenvalue weighted by Gasteiger charge is -2.13. The minimum atomic E-state index is -3.83. The van der Waals surface area contributed by atoms with E-state index in [1.54, 1.807) is 0 Å². The largest absolute Gasteiger partial charge is 0.377 e. The summed E-state index contributed by atoms with van der Waals surface area (Å²) in [5, 5.41) is 0. The van der Waals surface area contributed by atoms with E-state index in [-0.39, 0.29) is 11.9 Å². The van der Waals surface area contributed by atoms with Gasteiger partial charge in [0.05, 0.1) is 11.9 Å². The first-order chi connectivity index (χ1) is 7.01. The zero-order valence-corrected chi connectivity index (χ0v) is 9.87. The number of likely N-dealkylation sites (N-methyl/N-ethyl adjacent to an activating group) is 1. The molecule has 0 radical (unpaired) electrons. The lowest BCUT2D eigenvalue weighted by Crippen LogP contribution is -2.23. The maximum absolute atomic E-state index is 10.4. The van der Waals surface area contributed by atoms with Crippen LogP contribution in [0.25, 0.3) is 0 Å². The maximum atomic E-state index is 10.4. The van der Waals surface area contributed by atoms with E-state index < -0.39 is 10.1 Å². The molecule has 0 aliphatic carbocycles. The van der Waals surface area contributed by atoms with Crippen LogP contribution in [0.1, 0.15) is 19.8 Å². The van der Waals surface area contributed by atoms with E-state index >= 15 is 0 Å². The van der Waals surface area contributed by atoms with Crippen LogP contribution in [0.3, 0.4) is 0 Å². The van der Waals surface area contributed by atoms with Crippen molar-refractivity contribution in [2.75, 3.05) is 32.0 Å². The first-order valence-electron chi connectivity index (χ1n) is 5.30. The highest BCUT2D eigenvalue weighted by Gasteiger charge is 2.21. The Morgan fingerprint density at radius 3 is 2.80 bits per heavy atom. The highest BCUT2D eigenvalue weighted by Crippen LogP contribution is 2.12. The lowest BCUT2D eigenvalue weighted by molar-refractivity contribution is 0.0601. The Balaban J connectivity index is 2.07. The number of rotatable bonds is 6.